The lowest BCUT2D eigenvalue weighted by molar-refractivity contribution is 0.0943. The van der Waals surface area contributed by atoms with Gasteiger partial charge in [-0.2, -0.15) is 5.10 Å². The van der Waals surface area contributed by atoms with E-state index in [2.05, 4.69) is 9.82 Å². The monoisotopic (exact) mass is 611 g/mol. The molecule has 226 valence electrons. The number of fused-ring (bicyclic) bond motifs is 1. The van der Waals surface area contributed by atoms with Crippen LogP contribution in [0.4, 0.5) is 0 Å². The molecular weight excluding hydrogens is 571 g/mol. The summed E-state index contributed by atoms with van der Waals surface area (Å²) < 4.78 is 31.6. The fourth-order valence-electron chi connectivity index (χ4n) is 4.17. The second-order valence-electron chi connectivity index (χ2n) is 11.0. The van der Waals surface area contributed by atoms with Crippen molar-refractivity contribution < 1.29 is 17.9 Å². The summed E-state index contributed by atoms with van der Waals surface area (Å²) in [4.78, 5) is 24.6. The van der Waals surface area contributed by atoms with Crippen LogP contribution in [0, 0.1) is 5.92 Å². The van der Waals surface area contributed by atoms with Gasteiger partial charge in [0.1, 0.15) is 0 Å². The lowest BCUT2D eigenvalue weighted by Gasteiger charge is -2.14. The van der Waals surface area contributed by atoms with E-state index in [1.807, 2.05) is 102 Å². The number of carbonyl (C=O) groups excluding carboxylic acids is 1. The van der Waals surface area contributed by atoms with Crippen LogP contribution in [0.1, 0.15) is 70.1 Å². The van der Waals surface area contributed by atoms with E-state index < -0.39 is 10.0 Å². The Morgan fingerprint density at radius 2 is 1.64 bits per heavy atom. The van der Waals surface area contributed by atoms with Crippen LogP contribution in [0.5, 0.6) is 5.75 Å². The Kier molecular flexibility index (Phi) is 11.6. The highest BCUT2D eigenvalue weighted by Crippen LogP contribution is 2.32. The molecule has 0 unspecified atom stereocenters. The van der Waals surface area contributed by atoms with Crippen molar-refractivity contribution >= 4 is 37.9 Å². The van der Waals surface area contributed by atoms with Crippen LogP contribution in [0.2, 0.25) is 0 Å². The number of nitrogens with zero attached hydrogens (tertiary/aromatic N) is 2. The second kappa shape index (κ2) is 14.7. The zero-order valence-corrected chi connectivity index (χ0v) is 27.0. The lowest BCUT2D eigenvalue weighted by atomic mass is 9.99. The molecule has 42 heavy (non-hydrogen) atoms. The van der Waals surface area contributed by atoms with Crippen LogP contribution in [-0.2, 0) is 10.0 Å². The lowest BCUT2D eigenvalue weighted by Crippen LogP contribution is -2.32. The van der Waals surface area contributed by atoms with Gasteiger partial charge in [-0.15, -0.1) is 11.3 Å². The predicted octanol–water partition coefficient (Wildman–Crippen LogP) is 6.72. The molecule has 10 heteroatoms. The van der Waals surface area contributed by atoms with Gasteiger partial charge in [0.05, 0.1) is 35.0 Å². The van der Waals surface area contributed by atoms with Gasteiger partial charge >= 0.3 is 5.56 Å². The third-order valence-corrected chi connectivity index (χ3v) is 9.42. The summed E-state index contributed by atoms with van der Waals surface area (Å²) in [7, 11) is -1.41. The second-order valence-corrected chi connectivity index (χ2v) is 13.9. The molecule has 1 fully saturated rings. The number of hydrogen-bond acceptors (Lipinski definition) is 7. The molecule has 1 saturated carbocycles. The van der Waals surface area contributed by atoms with Crippen molar-refractivity contribution in [1.29, 1.82) is 0 Å². The molecule has 8 nitrogen and oxygen atoms in total. The highest BCUT2D eigenvalue weighted by molar-refractivity contribution is 7.90. The largest absolute Gasteiger partial charge is 0.491 e. The smallest absolute Gasteiger partial charge is 0.309 e. The van der Waals surface area contributed by atoms with E-state index in [0.717, 1.165) is 39.6 Å². The molecule has 0 atom stereocenters. The molecule has 0 radical (unpaired) electrons. The number of nitrogens with one attached hydrogen (secondary N) is 1. The van der Waals surface area contributed by atoms with E-state index in [0.29, 0.717) is 5.75 Å². The van der Waals surface area contributed by atoms with E-state index in [4.69, 9.17) is 4.74 Å². The molecule has 4 aromatic rings. The average molecular weight is 612 g/mol. The Balaban J connectivity index is 0.000000201. The third-order valence-electron chi connectivity index (χ3n) is 6.38. The van der Waals surface area contributed by atoms with Gasteiger partial charge in [0, 0.05) is 12.0 Å². The van der Waals surface area contributed by atoms with Crippen LogP contribution in [0.15, 0.2) is 71.0 Å². The van der Waals surface area contributed by atoms with Crippen molar-refractivity contribution in [2.24, 2.45) is 5.92 Å². The molecule has 0 amide bonds. The molecule has 2 heterocycles. The minimum Gasteiger partial charge on any atom is -0.491 e. The number of ether oxygens (including phenoxy) is 1. The SMILES string of the molecule is CC(C)C(=O)c1cccs1.CC(C)NS(=O)(=O)C1CC1.COc1c(-c2cccc3ccccc23)cnn(C(C)C)c1=O. The van der Waals surface area contributed by atoms with Crippen molar-refractivity contribution in [3.63, 3.8) is 0 Å². The highest BCUT2D eigenvalue weighted by Gasteiger charge is 2.35. The maximum absolute atomic E-state index is 12.5. The molecule has 1 aliphatic carbocycles. The molecule has 2 aromatic heterocycles. The highest BCUT2D eigenvalue weighted by atomic mass is 32.2. The molecule has 0 bridgehead atoms. The van der Waals surface area contributed by atoms with Gasteiger partial charge in [0.2, 0.25) is 10.0 Å². The zero-order valence-electron chi connectivity index (χ0n) is 25.3. The quantitative estimate of drug-likeness (QED) is 0.222. The number of thiophene rings is 1. The maximum atomic E-state index is 12.5. The van der Waals surface area contributed by atoms with Crippen molar-refractivity contribution in [2.75, 3.05) is 7.11 Å². The first-order valence-electron chi connectivity index (χ1n) is 14.1. The molecule has 0 saturated heterocycles. The van der Waals surface area contributed by atoms with Crippen LogP contribution in [0.25, 0.3) is 21.9 Å². The molecule has 0 aliphatic heterocycles. The molecule has 1 aliphatic rings. The summed E-state index contributed by atoms with van der Waals surface area (Å²) in [6.07, 6.45) is 3.38. The van der Waals surface area contributed by atoms with Crippen molar-refractivity contribution in [1.82, 2.24) is 14.5 Å². The minimum absolute atomic E-state index is 0.0111. The maximum Gasteiger partial charge on any atom is 0.309 e. The molecule has 0 spiro atoms. The minimum atomic E-state index is -2.94. The summed E-state index contributed by atoms with van der Waals surface area (Å²) in [5.74, 6) is 0.703. The van der Waals surface area contributed by atoms with Gasteiger partial charge < -0.3 is 4.74 Å². The van der Waals surface area contributed by atoms with Gasteiger partial charge in [0.15, 0.2) is 11.5 Å². The zero-order chi connectivity index (χ0) is 31.0. The Bertz CT molecular complexity index is 1630. The first-order valence-corrected chi connectivity index (χ1v) is 16.5. The normalized spacial score (nSPS) is 13.0. The molecule has 2 aromatic carbocycles. The van der Waals surface area contributed by atoms with E-state index in [9.17, 15) is 18.0 Å². The van der Waals surface area contributed by atoms with Crippen LogP contribution in [-0.4, -0.2) is 42.4 Å². The number of ketones is 1. The van der Waals surface area contributed by atoms with Gasteiger partial charge in [-0.25, -0.2) is 17.8 Å². The Morgan fingerprint density at radius 1 is 0.976 bits per heavy atom. The van der Waals surface area contributed by atoms with E-state index in [1.165, 1.54) is 23.1 Å². The summed E-state index contributed by atoms with van der Waals surface area (Å²) in [5.41, 5.74) is 1.47. The van der Waals surface area contributed by atoms with Crippen molar-refractivity contribution in [2.45, 2.75) is 71.7 Å². The standard InChI is InChI=1S/C18H18N2O2.C8H10OS.C6H13NO2S/c1-12(2)20-18(21)17(22-3)16(11-19-20)15-10-6-8-13-7-4-5-9-14(13)15;1-6(2)8(9)7-4-3-5-10-7;1-5(2)7-10(8,9)6-3-4-6/h4-12H,1-3H3;3-6H,1-2H3;5-7H,3-4H2,1-2H3. The van der Waals surface area contributed by atoms with Gasteiger partial charge in [-0.1, -0.05) is 62.4 Å². The van der Waals surface area contributed by atoms with E-state index in [1.54, 1.807) is 6.20 Å². The van der Waals surface area contributed by atoms with Gasteiger partial charge in [0.25, 0.3) is 0 Å². The Morgan fingerprint density at radius 3 is 2.19 bits per heavy atom. The number of carbonyl (C=O) groups is 1. The molecular formula is C32H41N3O5S2. The number of hydrogen-bond donors (Lipinski definition) is 1. The number of Topliss-reactive ketones (excluding diaryl/α,β-unsaturated/α-hetero) is 1. The average Bonchev–Trinajstić information content (AvgIpc) is 3.68. The van der Waals surface area contributed by atoms with Gasteiger partial charge in [-0.3, -0.25) is 9.59 Å². The van der Waals surface area contributed by atoms with E-state index in [-0.39, 0.29) is 34.6 Å². The third kappa shape index (κ3) is 8.59. The first-order chi connectivity index (χ1) is 19.9. The molecule has 5 rings (SSSR count). The summed E-state index contributed by atoms with van der Waals surface area (Å²) in [6, 6.07) is 17.9. The van der Waals surface area contributed by atoms with Crippen LogP contribution >= 0.6 is 11.3 Å². The summed E-state index contributed by atoms with van der Waals surface area (Å²) in [5, 5.41) is 8.33. The number of rotatable bonds is 8. The number of methoxy groups -OCH3 is 1. The van der Waals surface area contributed by atoms with Crippen LogP contribution in [0.3, 0.4) is 0 Å². The van der Waals surface area contributed by atoms with Crippen LogP contribution < -0.4 is 15.0 Å². The summed E-state index contributed by atoms with van der Waals surface area (Å²) >= 11 is 1.51. The summed E-state index contributed by atoms with van der Waals surface area (Å²) in [6.45, 7) is 11.3. The predicted molar refractivity (Wildman–Crippen MR) is 172 cm³/mol. The first kappa shape index (κ1) is 33.2. The Hall–Kier alpha value is -3.34. The van der Waals surface area contributed by atoms with Crippen molar-refractivity contribution in [3.05, 3.63) is 81.4 Å². The number of benzene rings is 2. The van der Waals surface area contributed by atoms with E-state index >= 15 is 0 Å². The Labute approximate surface area is 252 Å². The molecule has 1 N–H and O–H groups in total. The number of aromatic nitrogens is 2. The fraction of sp³-hybridized carbons (Fsp3) is 0.406. The van der Waals surface area contributed by atoms with Gasteiger partial charge in [-0.05, 0) is 68.3 Å². The fourth-order valence-corrected chi connectivity index (χ4v) is 6.59. The number of sulfonamides is 1. The topological polar surface area (TPSA) is 107 Å². The van der Waals surface area contributed by atoms with Crippen molar-refractivity contribution in [3.8, 4) is 16.9 Å².